The number of hydrogen-bond acceptors (Lipinski definition) is 7. The minimum Gasteiger partial charge on any atom is -0.494 e. The van der Waals surface area contributed by atoms with E-state index in [0.717, 1.165) is 36.0 Å². The molecule has 4 rings (SSSR count). The van der Waals surface area contributed by atoms with Crippen LogP contribution < -0.4 is 15.6 Å². The molecule has 220 valence electrons. The van der Waals surface area contributed by atoms with Crippen LogP contribution >= 0.6 is 0 Å². The van der Waals surface area contributed by atoms with Gasteiger partial charge in [0.05, 0.1) is 13.2 Å². The summed E-state index contributed by atoms with van der Waals surface area (Å²) in [5.41, 5.74) is 16.8. The van der Waals surface area contributed by atoms with Gasteiger partial charge in [-0.3, -0.25) is 10.2 Å². The number of nitrogens with one attached hydrogen (secondary N) is 2. The number of carbonyl (C=O) groups excluding carboxylic acids is 1. The van der Waals surface area contributed by atoms with Crippen molar-refractivity contribution in [2.24, 2.45) is 10.1 Å². The lowest BCUT2D eigenvalue weighted by molar-refractivity contribution is -0.130. The van der Waals surface area contributed by atoms with E-state index in [0.29, 0.717) is 36.8 Å². The van der Waals surface area contributed by atoms with E-state index in [1.807, 2.05) is 78.9 Å². The molecule has 3 aromatic rings. The van der Waals surface area contributed by atoms with Gasteiger partial charge in [0, 0.05) is 36.5 Å². The lowest BCUT2D eigenvalue weighted by atomic mass is 9.81. The van der Waals surface area contributed by atoms with E-state index >= 15 is 0 Å². The summed E-state index contributed by atoms with van der Waals surface area (Å²) in [4.78, 5) is 22.2. The van der Waals surface area contributed by atoms with Crippen LogP contribution in [0, 0.1) is 0 Å². The maximum absolute atomic E-state index is 14.2. The fourth-order valence-electron chi connectivity index (χ4n) is 4.91. The molecule has 3 N–H and O–H groups in total. The SMILES string of the molecule is CCCCCNNC(=O)[C@@]1(Cc2ccccc2CN=[N+]=[N-])N=C(c2ccc(OCCCO)cc2)O[C@H]1c1ccccc1. The van der Waals surface area contributed by atoms with E-state index < -0.39 is 11.6 Å². The van der Waals surface area contributed by atoms with E-state index in [9.17, 15) is 4.79 Å². The molecule has 0 aromatic heterocycles. The van der Waals surface area contributed by atoms with Crippen LogP contribution in [0.15, 0.2) is 89.0 Å². The number of aliphatic hydroxyl groups excluding tert-OH is 1. The average Bonchev–Trinajstić information content (AvgIpc) is 3.42. The Bertz CT molecular complexity index is 1380. The molecular weight excluding hydrogens is 532 g/mol. The average molecular weight is 571 g/mol. The molecule has 10 nitrogen and oxygen atoms in total. The van der Waals surface area contributed by atoms with Crippen LogP contribution in [0.1, 0.15) is 61.0 Å². The van der Waals surface area contributed by atoms with E-state index in [1.165, 1.54) is 0 Å². The molecule has 0 aliphatic carbocycles. The molecule has 1 amide bonds. The quantitative estimate of drug-likeness (QED) is 0.0679. The third-order valence-electron chi connectivity index (χ3n) is 7.12. The molecule has 0 bridgehead atoms. The summed E-state index contributed by atoms with van der Waals surface area (Å²) in [5, 5.41) is 12.8. The number of aliphatic hydroxyl groups is 1. The summed E-state index contributed by atoms with van der Waals surface area (Å²) in [7, 11) is 0. The highest BCUT2D eigenvalue weighted by Gasteiger charge is 2.53. The fourth-order valence-corrected chi connectivity index (χ4v) is 4.91. The molecule has 1 aliphatic rings. The number of azide groups is 1. The largest absolute Gasteiger partial charge is 0.494 e. The highest BCUT2D eigenvalue weighted by Crippen LogP contribution is 2.43. The zero-order chi connectivity index (χ0) is 29.6. The molecule has 42 heavy (non-hydrogen) atoms. The number of hydrazine groups is 1. The highest BCUT2D eigenvalue weighted by molar-refractivity contribution is 6.01. The van der Waals surface area contributed by atoms with Gasteiger partial charge >= 0.3 is 0 Å². The Kier molecular flexibility index (Phi) is 11.3. The van der Waals surface area contributed by atoms with E-state index in [1.54, 1.807) is 0 Å². The molecule has 3 aromatic carbocycles. The third-order valence-corrected chi connectivity index (χ3v) is 7.12. The molecule has 0 saturated carbocycles. The second-order valence-electron chi connectivity index (χ2n) is 10.1. The van der Waals surface area contributed by atoms with Gasteiger partial charge in [0.25, 0.3) is 5.91 Å². The zero-order valence-corrected chi connectivity index (χ0v) is 23.9. The van der Waals surface area contributed by atoms with Crippen molar-refractivity contribution in [3.05, 3.63) is 112 Å². The van der Waals surface area contributed by atoms with Gasteiger partial charge in [0.1, 0.15) is 5.75 Å². The summed E-state index contributed by atoms with van der Waals surface area (Å²) in [6.07, 6.45) is 3.10. The van der Waals surface area contributed by atoms with E-state index in [2.05, 4.69) is 27.8 Å². The highest BCUT2D eigenvalue weighted by atomic mass is 16.5. The second-order valence-corrected chi connectivity index (χ2v) is 10.1. The Balaban J connectivity index is 1.75. The van der Waals surface area contributed by atoms with Gasteiger partial charge in [-0.2, -0.15) is 0 Å². The molecule has 0 radical (unpaired) electrons. The van der Waals surface area contributed by atoms with Crippen molar-refractivity contribution in [2.45, 2.75) is 57.2 Å². The first kappa shape index (κ1) is 30.6. The van der Waals surface area contributed by atoms with Crippen molar-refractivity contribution in [1.29, 1.82) is 0 Å². The molecule has 0 unspecified atom stereocenters. The lowest BCUT2D eigenvalue weighted by Crippen LogP contribution is -2.54. The monoisotopic (exact) mass is 570 g/mol. The number of carbonyl (C=O) groups is 1. The van der Waals surface area contributed by atoms with Crippen LogP contribution in [-0.4, -0.2) is 42.2 Å². The number of unbranched alkanes of at least 4 members (excludes halogenated alkanes) is 2. The van der Waals surface area contributed by atoms with E-state index in [4.69, 9.17) is 25.1 Å². The molecule has 1 heterocycles. The van der Waals surface area contributed by atoms with Crippen molar-refractivity contribution in [2.75, 3.05) is 19.8 Å². The van der Waals surface area contributed by atoms with Crippen LogP contribution in [0.2, 0.25) is 0 Å². The first-order valence-electron chi connectivity index (χ1n) is 14.4. The maximum atomic E-state index is 14.2. The number of hydrogen-bond donors (Lipinski definition) is 3. The van der Waals surface area contributed by atoms with E-state index in [-0.39, 0.29) is 25.5 Å². The second kappa shape index (κ2) is 15.6. The van der Waals surface area contributed by atoms with Gasteiger partial charge in [-0.1, -0.05) is 79.5 Å². The molecule has 10 heteroatoms. The normalized spacial score (nSPS) is 17.6. The Hall–Kier alpha value is -4.37. The van der Waals surface area contributed by atoms with Gasteiger partial charge in [0.2, 0.25) is 5.90 Å². The zero-order valence-electron chi connectivity index (χ0n) is 23.9. The first-order valence-corrected chi connectivity index (χ1v) is 14.4. The number of nitrogens with zero attached hydrogens (tertiary/aromatic N) is 4. The van der Waals surface area contributed by atoms with Crippen molar-refractivity contribution in [3.63, 3.8) is 0 Å². The van der Waals surface area contributed by atoms with Gasteiger partial charge < -0.3 is 14.6 Å². The Morgan fingerprint density at radius 2 is 1.79 bits per heavy atom. The molecular formula is C32H38N6O4. The number of aliphatic imine (C=N–C) groups is 1. The standard InChI is InChI=1S/C32H38N6O4/c1-2-3-9-19-34-37-31(40)32(22-26-13-7-8-14-27(26)23-35-38-33)29(24-11-5-4-6-12-24)42-30(36-32)25-15-17-28(18-16-25)41-21-10-20-39/h4-8,11-18,29,34,39H,2-3,9-10,19-23H2,1H3,(H,37,40)/t29-,32-/m0/s1. The van der Waals surface area contributed by atoms with Crippen molar-refractivity contribution in [1.82, 2.24) is 10.9 Å². The Labute approximate surface area is 246 Å². The van der Waals surface area contributed by atoms with Crippen molar-refractivity contribution >= 4 is 11.8 Å². The minimum absolute atomic E-state index is 0.0627. The summed E-state index contributed by atoms with van der Waals surface area (Å²) >= 11 is 0. The number of amides is 1. The molecule has 0 spiro atoms. The summed E-state index contributed by atoms with van der Waals surface area (Å²) in [6, 6.07) is 24.6. The molecule has 2 atom stereocenters. The number of ether oxygens (including phenoxy) is 2. The fraction of sp³-hybridized carbons (Fsp3) is 0.375. The van der Waals surface area contributed by atoms with Crippen LogP contribution in [0.3, 0.4) is 0 Å². The topological polar surface area (TPSA) is 141 Å². The smallest absolute Gasteiger partial charge is 0.266 e. The van der Waals surface area contributed by atoms with Crippen LogP contribution in [0.4, 0.5) is 0 Å². The molecule has 1 aliphatic heterocycles. The summed E-state index contributed by atoms with van der Waals surface area (Å²) in [5.74, 6) is 0.697. The lowest BCUT2D eigenvalue weighted by Gasteiger charge is -2.31. The van der Waals surface area contributed by atoms with Gasteiger partial charge in [-0.05, 0) is 52.9 Å². The van der Waals surface area contributed by atoms with Crippen LogP contribution in [0.25, 0.3) is 10.4 Å². The van der Waals surface area contributed by atoms with Gasteiger partial charge in [0.15, 0.2) is 11.6 Å². The van der Waals surface area contributed by atoms with Gasteiger partial charge in [-0.15, -0.1) is 0 Å². The third kappa shape index (κ3) is 7.67. The number of rotatable bonds is 16. The van der Waals surface area contributed by atoms with Gasteiger partial charge in [-0.25, -0.2) is 10.4 Å². The molecule has 0 fully saturated rings. The maximum Gasteiger partial charge on any atom is 0.266 e. The number of benzene rings is 3. The Morgan fingerprint density at radius 3 is 2.50 bits per heavy atom. The summed E-state index contributed by atoms with van der Waals surface area (Å²) < 4.78 is 12.2. The van der Waals surface area contributed by atoms with Crippen LogP contribution in [0.5, 0.6) is 5.75 Å². The minimum atomic E-state index is -1.36. The predicted octanol–water partition coefficient (Wildman–Crippen LogP) is 5.57. The molecule has 0 saturated heterocycles. The first-order chi connectivity index (χ1) is 20.6. The van der Waals surface area contributed by atoms with Crippen molar-refractivity contribution in [3.8, 4) is 5.75 Å². The van der Waals surface area contributed by atoms with Crippen LogP contribution in [-0.2, 0) is 22.5 Å². The van der Waals surface area contributed by atoms with Crippen molar-refractivity contribution < 1.29 is 19.4 Å². The Morgan fingerprint density at radius 1 is 1.05 bits per heavy atom. The predicted molar refractivity (Wildman–Crippen MR) is 162 cm³/mol. The summed E-state index contributed by atoms with van der Waals surface area (Å²) in [6.45, 7) is 3.39.